The number of aliphatic hydroxyl groups is 1. The third-order valence-electron chi connectivity index (χ3n) is 2.78. The van der Waals surface area contributed by atoms with E-state index in [1.807, 2.05) is 25.1 Å². The first-order chi connectivity index (χ1) is 8.19. The van der Waals surface area contributed by atoms with Gasteiger partial charge in [-0.3, -0.25) is 0 Å². The van der Waals surface area contributed by atoms with Gasteiger partial charge in [-0.2, -0.15) is 0 Å². The Bertz CT molecular complexity index is 328. The van der Waals surface area contributed by atoms with Gasteiger partial charge in [0.05, 0.1) is 6.61 Å². The van der Waals surface area contributed by atoms with Crippen LogP contribution in [0, 0.1) is 0 Å². The van der Waals surface area contributed by atoms with Crippen LogP contribution in [0.15, 0.2) is 24.3 Å². The van der Waals surface area contributed by atoms with Crippen molar-refractivity contribution in [2.75, 3.05) is 13.2 Å². The van der Waals surface area contributed by atoms with E-state index in [0.29, 0.717) is 12.6 Å². The van der Waals surface area contributed by atoms with Gasteiger partial charge >= 0.3 is 0 Å². The molecule has 0 spiro atoms. The maximum atomic E-state index is 8.89. The summed E-state index contributed by atoms with van der Waals surface area (Å²) in [6, 6.07) is 8.59. The smallest absolute Gasteiger partial charge is 0.124 e. The Labute approximate surface area is 104 Å². The molecule has 0 aromatic heterocycles. The largest absolute Gasteiger partial charge is 0.494 e. The van der Waals surface area contributed by atoms with Gasteiger partial charge in [0.2, 0.25) is 0 Å². The molecule has 1 aromatic rings. The summed E-state index contributed by atoms with van der Waals surface area (Å²) in [5.41, 5.74) is 1.17. The lowest BCUT2D eigenvalue weighted by atomic mass is 10.1. The molecule has 0 radical (unpaired) electrons. The first-order valence-corrected chi connectivity index (χ1v) is 6.27. The molecule has 3 heteroatoms. The molecule has 17 heavy (non-hydrogen) atoms. The van der Waals surface area contributed by atoms with Crippen molar-refractivity contribution in [1.82, 2.24) is 5.32 Å². The zero-order valence-corrected chi connectivity index (χ0v) is 10.9. The van der Waals surface area contributed by atoms with Gasteiger partial charge in [-0.25, -0.2) is 0 Å². The highest BCUT2D eigenvalue weighted by molar-refractivity contribution is 5.35. The minimum atomic E-state index is 0.216. The van der Waals surface area contributed by atoms with Crippen molar-refractivity contribution in [2.24, 2.45) is 0 Å². The number of ether oxygens (including phenoxy) is 1. The minimum Gasteiger partial charge on any atom is -0.494 e. The summed E-state index contributed by atoms with van der Waals surface area (Å²) >= 11 is 0. The predicted octanol–water partition coefficient (Wildman–Crippen LogP) is 2.51. The lowest BCUT2D eigenvalue weighted by molar-refractivity contribution is 0.263. The van der Waals surface area contributed by atoms with Gasteiger partial charge in [-0.05, 0) is 33.3 Å². The maximum Gasteiger partial charge on any atom is 0.124 e. The van der Waals surface area contributed by atoms with Crippen LogP contribution in [0.4, 0.5) is 0 Å². The van der Waals surface area contributed by atoms with Crippen LogP contribution in [0.5, 0.6) is 5.75 Å². The normalized spacial score (nSPS) is 14.4. The van der Waals surface area contributed by atoms with Gasteiger partial charge in [0, 0.05) is 24.3 Å². The van der Waals surface area contributed by atoms with Crippen molar-refractivity contribution in [1.29, 1.82) is 0 Å². The second-order valence-corrected chi connectivity index (χ2v) is 4.27. The molecular weight excluding hydrogens is 214 g/mol. The molecule has 0 saturated heterocycles. The van der Waals surface area contributed by atoms with Crippen LogP contribution in [0.25, 0.3) is 0 Å². The van der Waals surface area contributed by atoms with Crippen LogP contribution in [0.1, 0.15) is 38.8 Å². The molecule has 96 valence electrons. The number of aliphatic hydroxyl groups excluding tert-OH is 1. The maximum absolute atomic E-state index is 8.89. The van der Waals surface area contributed by atoms with Gasteiger partial charge in [0.1, 0.15) is 5.75 Å². The van der Waals surface area contributed by atoms with Crippen molar-refractivity contribution in [3.8, 4) is 5.75 Å². The second-order valence-electron chi connectivity index (χ2n) is 4.27. The fourth-order valence-corrected chi connectivity index (χ4v) is 1.92. The molecule has 0 amide bonds. The Morgan fingerprint density at radius 3 is 2.65 bits per heavy atom. The number of hydrogen-bond donors (Lipinski definition) is 2. The number of benzene rings is 1. The SMILES string of the molecule is CCOc1ccccc1C(C)N[C@H](C)CCO. The molecule has 0 aliphatic rings. The summed E-state index contributed by atoms with van der Waals surface area (Å²) < 4.78 is 5.61. The summed E-state index contributed by atoms with van der Waals surface area (Å²) in [6.07, 6.45) is 0.765. The van der Waals surface area contributed by atoms with E-state index in [4.69, 9.17) is 9.84 Å². The lowest BCUT2D eigenvalue weighted by Gasteiger charge is -2.21. The molecule has 1 aromatic carbocycles. The van der Waals surface area contributed by atoms with Gasteiger partial charge in [-0.15, -0.1) is 0 Å². The molecule has 2 atom stereocenters. The minimum absolute atomic E-state index is 0.216. The molecule has 1 unspecified atom stereocenters. The summed E-state index contributed by atoms with van der Waals surface area (Å²) in [6.45, 7) is 7.08. The summed E-state index contributed by atoms with van der Waals surface area (Å²) in [7, 11) is 0. The predicted molar refractivity (Wildman–Crippen MR) is 70.3 cm³/mol. The van der Waals surface area contributed by atoms with Crippen molar-refractivity contribution in [2.45, 2.75) is 39.3 Å². The summed E-state index contributed by atoms with van der Waals surface area (Å²) in [5, 5.41) is 12.4. The van der Waals surface area contributed by atoms with Crippen LogP contribution in [-0.4, -0.2) is 24.4 Å². The topological polar surface area (TPSA) is 41.5 Å². The van der Waals surface area contributed by atoms with Crippen LogP contribution in [0.3, 0.4) is 0 Å². The number of hydrogen-bond acceptors (Lipinski definition) is 3. The molecule has 0 bridgehead atoms. The molecular formula is C14H23NO2. The lowest BCUT2D eigenvalue weighted by Crippen LogP contribution is -2.29. The van der Waals surface area contributed by atoms with E-state index < -0.39 is 0 Å². The second kappa shape index (κ2) is 7.30. The average Bonchev–Trinajstić information content (AvgIpc) is 2.30. The quantitative estimate of drug-likeness (QED) is 0.765. The van der Waals surface area contributed by atoms with Crippen LogP contribution < -0.4 is 10.1 Å². The van der Waals surface area contributed by atoms with Gasteiger partial charge in [-0.1, -0.05) is 18.2 Å². The van der Waals surface area contributed by atoms with Gasteiger partial charge in [0.25, 0.3) is 0 Å². The standard InChI is InChI=1S/C14H23NO2/c1-4-17-14-8-6-5-7-13(14)12(3)15-11(2)9-10-16/h5-8,11-12,15-16H,4,9-10H2,1-3H3/t11-,12?/m1/s1. The number of para-hydroxylation sites is 1. The van der Waals surface area contributed by atoms with Crippen molar-refractivity contribution in [3.63, 3.8) is 0 Å². The van der Waals surface area contributed by atoms with Crippen molar-refractivity contribution in [3.05, 3.63) is 29.8 Å². The molecule has 0 aliphatic carbocycles. The highest BCUT2D eigenvalue weighted by Crippen LogP contribution is 2.25. The van der Waals surface area contributed by atoms with E-state index >= 15 is 0 Å². The van der Waals surface area contributed by atoms with Gasteiger partial charge < -0.3 is 15.2 Å². The summed E-state index contributed by atoms with van der Waals surface area (Å²) in [4.78, 5) is 0. The Morgan fingerprint density at radius 1 is 1.29 bits per heavy atom. The fraction of sp³-hybridized carbons (Fsp3) is 0.571. The average molecular weight is 237 g/mol. The molecule has 0 heterocycles. The van der Waals surface area contributed by atoms with Crippen molar-refractivity contribution < 1.29 is 9.84 Å². The molecule has 1 rings (SSSR count). The number of rotatable bonds is 7. The molecule has 0 fully saturated rings. The van der Waals surface area contributed by atoms with E-state index in [0.717, 1.165) is 12.2 Å². The van der Waals surface area contributed by atoms with E-state index in [2.05, 4.69) is 25.2 Å². The Kier molecular flexibility index (Phi) is 6.01. The van der Waals surface area contributed by atoms with E-state index in [9.17, 15) is 0 Å². The summed E-state index contributed by atoms with van der Waals surface area (Å²) in [5.74, 6) is 0.936. The zero-order valence-electron chi connectivity index (χ0n) is 10.9. The molecule has 3 nitrogen and oxygen atoms in total. The highest BCUT2D eigenvalue weighted by atomic mass is 16.5. The van der Waals surface area contributed by atoms with Crippen LogP contribution in [0.2, 0.25) is 0 Å². The number of nitrogens with one attached hydrogen (secondary N) is 1. The van der Waals surface area contributed by atoms with Crippen LogP contribution >= 0.6 is 0 Å². The first kappa shape index (κ1) is 14.0. The highest BCUT2D eigenvalue weighted by Gasteiger charge is 2.13. The molecule has 0 saturated carbocycles. The first-order valence-electron chi connectivity index (χ1n) is 6.27. The molecule has 0 aliphatic heterocycles. The van der Waals surface area contributed by atoms with E-state index in [1.54, 1.807) is 0 Å². The monoisotopic (exact) mass is 237 g/mol. The third-order valence-corrected chi connectivity index (χ3v) is 2.78. The Morgan fingerprint density at radius 2 is 2.00 bits per heavy atom. The molecule has 2 N–H and O–H groups in total. The third kappa shape index (κ3) is 4.36. The Hall–Kier alpha value is -1.06. The van der Waals surface area contributed by atoms with Gasteiger partial charge in [0.15, 0.2) is 0 Å². The van der Waals surface area contributed by atoms with Crippen LogP contribution in [-0.2, 0) is 0 Å². The van der Waals surface area contributed by atoms with E-state index in [1.165, 1.54) is 5.56 Å². The zero-order chi connectivity index (χ0) is 12.7. The van der Waals surface area contributed by atoms with Crippen molar-refractivity contribution >= 4 is 0 Å². The van der Waals surface area contributed by atoms with E-state index in [-0.39, 0.29) is 12.6 Å². The fourth-order valence-electron chi connectivity index (χ4n) is 1.92. The Balaban J connectivity index is 2.70.